The fraction of sp³-hybridized carbons (Fsp3) is 0.150. The lowest BCUT2D eigenvalue weighted by atomic mass is 10.2. The summed E-state index contributed by atoms with van der Waals surface area (Å²) in [5.74, 6) is -1.39. The topological polar surface area (TPSA) is 90.4 Å². The van der Waals surface area contributed by atoms with Crippen LogP contribution in [-0.4, -0.2) is 29.2 Å². The molecule has 2 aromatic heterocycles. The predicted octanol–water partition coefficient (Wildman–Crippen LogP) is 4.96. The number of hydrogen-bond donors (Lipinski definition) is 1. The number of rotatable bonds is 6. The molecule has 0 aliphatic rings. The van der Waals surface area contributed by atoms with Crippen molar-refractivity contribution in [3.05, 3.63) is 65.2 Å². The maximum absolute atomic E-state index is 12.5. The van der Waals surface area contributed by atoms with Gasteiger partial charge in [0.1, 0.15) is 17.9 Å². The second-order valence-corrected chi connectivity index (χ2v) is 6.78. The number of fused-ring (bicyclic) bond motifs is 1. The van der Waals surface area contributed by atoms with Gasteiger partial charge in [-0.15, -0.1) is 0 Å². The van der Waals surface area contributed by atoms with Gasteiger partial charge in [0.05, 0.1) is 6.54 Å². The molecule has 4 aromatic rings. The average Bonchev–Trinajstić information content (AvgIpc) is 3.38. The highest BCUT2D eigenvalue weighted by Gasteiger charge is 2.38. The molecule has 0 saturated heterocycles. The third-order valence-electron chi connectivity index (χ3n) is 4.14. The summed E-state index contributed by atoms with van der Waals surface area (Å²) in [7, 11) is 0. The first-order chi connectivity index (χ1) is 14.8. The van der Waals surface area contributed by atoms with Gasteiger partial charge in [0.2, 0.25) is 5.82 Å². The average molecular weight is 452 g/mol. The molecule has 0 aliphatic carbocycles. The molecule has 160 valence electrons. The SMILES string of the molecule is O=C(NCCOc1ccc(-c2noc(C(F)(F)F)n2)cc1)c1cc2cc(Cl)ccc2o1. The highest BCUT2D eigenvalue weighted by Crippen LogP contribution is 2.29. The summed E-state index contributed by atoms with van der Waals surface area (Å²) >= 11 is 5.92. The van der Waals surface area contributed by atoms with Crippen LogP contribution in [0.15, 0.2) is 57.5 Å². The number of aromatic nitrogens is 2. The molecule has 0 bridgehead atoms. The van der Waals surface area contributed by atoms with Gasteiger partial charge in [-0.1, -0.05) is 16.8 Å². The van der Waals surface area contributed by atoms with Crippen LogP contribution in [0, 0.1) is 0 Å². The number of nitrogens with one attached hydrogen (secondary N) is 1. The summed E-state index contributed by atoms with van der Waals surface area (Å²) in [5.41, 5.74) is 0.889. The number of nitrogens with zero attached hydrogens (tertiary/aromatic N) is 2. The van der Waals surface area contributed by atoms with Crippen molar-refractivity contribution in [1.82, 2.24) is 15.5 Å². The number of ether oxygens (including phenoxy) is 1. The Bertz CT molecular complexity index is 1220. The summed E-state index contributed by atoms with van der Waals surface area (Å²) in [6.07, 6.45) is -4.70. The van der Waals surface area contributed by atoms with Gasteiger partial charge in [-0.3, -0.25) is 4.79 Å². The van der Waals surface area contributed by atoms with Crippen LogP contribution in [0.3, 0.4) is 0 Å². The summed E-state index contributed by atoms with van der Waals surface area (Å²) < 4.78 is 52.8. The first-order valence-corrected chi connectivity index (χ1v) is 9.29. The Morgan fingerprint density at radius 3 is 2.61 bits per heavy atom. The maximum atomic E-state index is 12.5. The highest BCUT2D eigenvalue weighted by atomic mass is 35.5. The molecule has 7 nitrogen and oxygen atoms in total. The van der Waals surface area contributed by atoms with Crippen LogP contribution in [0.25, 0.3) is 22.4 Å². The zero-order valence-corrected chi connectivity index (χ0v) is 16.3. The van der Waals surface area contributed by atoms with E-state index in [1.165, 1.54) is 12.1 Å². The zero-order chi connectivity index (χ0) is 22.0. The third-order valence-corrected chi connectivity index (χ3v) is 4.37. The molecule has 0 atom stereocenters. The van der Waals surface area contributed by atoms with E-state index in [0.29, 0.717) is 21.9 Å². The van der Waals surface area contributed by atoms with E-state index in [1.54, 1.807) is 36.4 Å². The number of benzene rings is 2. The van der Waals surface area contributed by atoms with Crippen molar-refractivity contribution in [3.63, 3.8) is 0 Å². The van der Waals surface area contributed by atoms with E-state index in [0.717, 1.165) is 5.39 Å². The highest BCUT2D eigenvalue weighted by molar-refractivity contribution is 6.31. The molecular formula is C20H13ClF3N3O4. The number of halogens is 4. The first kappa shape index (κ1) is 20.7. The monoisotopic (exact) mass is 451 g/mol. The normalized spacial score (nSPS) is 11.6. The minimum absolute atomic E-state index is 0.153. The van der Waals surface area contributed by atoms with Crippen LogP contribution in [0.5, 0.6) is 5.75 Å². The van der Waals surface area contributed by atoms with E-state index in [1.807, 2.05) is 0 Å². The Labute approximate surface area is 177 Å². The Balaban J connectivity index is 1.28. The molecule has 0 saturated carbocycles. The van der Waals surface area contributed by atoms with Crippen LogP contribution in [-0.2, 0) is 6.18 Å². The van der Waals surface area contributed by atoms with E-state index in [2.05, 4.69) is 20.0 Å². The Kier molecular flexibility index (Phi) is 5.55. The van der Waals surface area contributed by atoms with Crippen molar-refractivity contribution in [1.29, 1.82) is 0 Å². The van der Waals surface area contributed by atoms with Crippen LogP contribution < -0.4 is 10.1 Å². The largest absolute Gasteiger partial charge is 0.492 e. The third kappa shape index (κ3) is 4.80. The lowest BCUT2D eigenvalue weighted by molar-refractivity contribution is -0.159. The maximum Gasteiger partial charge on any atom is 0.471 e. The van der Waals surface area contributed by atoms with Crippen molar-refractivity contribution in [3.8, 4) is 17.1 Å². The van der Waals surface area contributed by atoms with E-state index in [-0.39, 0.29) is 24.7 Å². The number of hydrogen-bond acceptors (Lipinski definition) is 6. The van der Waals surface area contributed by atoms with Crippen molar-refractivity contribution < 1.29 is 31.6 Å². The Morgan fingerprint density at radius 1 is 1.13 bits per heavy atom. The number of carbonyl (C=O) groups excluding carboxylic acids is 1. The molecule has 2 aromatic carbocycles. The predicted molar refractivity (Wildman–Crippen MR) is 104 cm³/mol. The molecule has 31 heavy (non-hydrogen) atoms. The molecule has 1 N–H and O–H groups in total. The molecule has 0 aliphatic heterocycles. The minimum Gasteiger partial charge on any atom is -0.492 e. The first-order valence-electron chi connectivity index (χ1n) is 8.91. The van der Waals surface area contributed by atoms with Crippen LogP contribution in [0.1, 0.15) is 16.4 Å². The quantitative estimate of drug-likeness (QED) is 0.416. The van der Waals surface area contributed by atoms with Gasteiger partial charge in [0.15, 0.2) is 5.76 Å². The van der Waals surface area contributed by atoms with Gasteiger partial charge < -0.3 is 19.0 Å². The molecule has 4 rings (SSSR count). The molecular weight excluding hydrogens is 439 g/mol. The molecule has 1 amide bonds. The number of furan rings is 1. The van der Waals surface area contributed by atoms with Gasteiger partial charge >= 0.3 is 12.1 Å². The number of carbonyl (C=O) groups is 1. The molecule has 0 unspecified atom stereocenters. The van der Waals surface area contributed by atoms with Gasteiger partial charge in [0, 0.05) is 16.0 Å². The Morgan fingerprint density at radius 2 is 1.90 bits per heavy atom. The lowest BCUT2D eigenvalue weighted by Gasteiger charge is -2.07. The van der Waals surface area contributed by atoms with Crippen molar-refractivity contribution in [2.24, 2.45) is 0 Å². The van der Waals surface area contributed by atoms with Crippen LogP contribution in [0.2, 0.25) is 5.02 Å². The molecule has 0 radical (unpaired) electrons. The van der Waals surface area contributed by atoms with E-state index < -0.39 is 18.0 Å². The fourth-order valence-electron chi connectivity index (χ4n) is 2.70. The second kappa shape index (κ2) is 8.31. The number of amides is 1. The smallest absolute Gasteiger partial charge is 0.471 e. The summed E-state index contributed by atoms with van der Waals surface area (Å²) in [4.78, 5) is 15.5. The Hall–Kier alpha value is -3.53. The van der Waals surface area contributed by atoms with Gasteiger partial charge in [0.25, 0.3) is 5.91 Å². The molecule has 0 spiro atoms. The van der Waals surface area contributed by atoms with Crippen molar-refractivity contribution in [2.45, 2.75) is 6.18 Å². The van der Waals surface area contributed by atoms with Gasteiger partial charge in [-0.05, 0) is 48.5 Å². The summed E-state index contributed by atoms with van der Waals surface area (Å²) in [5, 5.41) is 7.25. The van der Waals surface area contributed by atoms with E-state index in [4.69, 9.17) is 20.8 Å². The second-order valence-electron chi connectivity index (χ2n) is 6.34. The van der Waals surface area contributed by atoms with Crippen LogP contribution in [0.4, 0.5) is 13.2 Å². The zero-order valence-electron chi connectivity index (χ0n) is 15.6. The van der Waals surface area contributed by atoms with Gasteiger partial charge in [-0.2, -0.15) is 18.2 Å². The van der Waals surface area contributed by atoms with E-state index in [9.17, 15) is 18.0 Å². The minimum atomic E-state index is -4.70. The van der Waals surface area contributed by atoms with Crippen molar-refractivity contribution >= 4 is 28.5 Å². The molecule has 0 fully saturated rings. The summed E-state index contributed by atoms with van der Waals surface area (Å²) in [6.45, 7) is 0.371. The lowest BCUT2D eigenvalue weighted by Crippen LogP contribution is -2.27. The van der Waals surface area contributed by atoms with E-state index >= 15 is 0 Å². The van der Waals surface area contributed by atoms with Crippen LogP contribution >= 0.6 is 11.6 Å². The summed E-state index contributed by atoms with van der Waals surface area (Å²) in [6, 6.07) is 12.7. The standard InChI is InChI=1S/C20H13ClF3N3O4/c21-13-3-6-15-12(9-13)10-16(30-15)18(28)25-7-8-29-14-4-1-11(2-5-14)17-26-19(31-27-17)20(22,23)24/h1-6,9-10H,7-8H2,(H,25,28). The molecule has 2 heterocycles. The van der Waals surface area contributed by atoms with Gasteiger partial charge in [-0.25, -0.2) is 0 Å². The number of alkyl halides is 3. The fourth-order valence-corrected chi connectivity index (χ4v) is 2.88. The van der Waals surface area contributed by atoms with Crippen molar-refractivity contribution in [2.75, 3.05) is 13.2 Å². The molecule has 11 heteroatoms.